The van der Waals surface area contributed by atoms with E-state index in [4.69, 9.17) is 4.42 Å². The van der Waals surface area contributed by atoms with Crippen molar-refractivity contribution < 1.29 is 4.42 Å². The van der Waals surface area contributed by atoms with Crippen molar-refractivity contribution in [2.45, 2.75) is 19.3 Å². The minimum absolute atomic E-state index is 0.0180. The van der Waals surface area contributed by atoms with Gasteiger partial charge in [-0.1, -0.05) is 141 Å². The fourth-order valence-electron chi connectivity index (χ4n) is 8.37. The monoisotopic (exact) mass is 586 g/mol. The SMILES string of the molecule is CC1(C)c2ccccc2-c2cc(-c3c4ccccc4c(-c4cccc5oc6c7ccccc7ccc6c45)c4ccccc34)ccc21. The summed E-state index contributed by atoms with van der Waals surface area (Å²) < 4.78 is 6.63. The molecule has 1 heterocycles. The fraction of sp³-hybridized carbons (Fsp3) is 0.0667. The molecule has 0 saturated carbocycles. The summed E-state index contributed by atoms with van der Waals surface area (Å²) in [6, 6.07) is 53.4. The van der Waals surface area contributed by atoms with E-state index in [9.17, 15) is 0 Å². The summed E-state index contributed by atoms with van der Waals surface area (Å²) in [6.07, 6.45) is 0. The van der Waals surface area contributed by atoms with Gasteiger partial charge in [0.05, 0.1) is 0 Å². The summed E-state index contributed by atoms with van der Waals surface area (Å²) in [5.74, 6) is 0. The van der Waals surface area contributed by atoms with E-state index in [0.29, 0.717) is 0 Å². The third kappa shape index (κ3) is 3.35. The second kappa shape index (κ2) is 9.19. The molecule has 0 radical (unpaired) electrons. The Bertz CT molecular complexity index is 2660. The molecule has 9 aromatic rings. The smallest absolute Gasteiger partial charge is 0.143 e. The topological polar surface area (TPSA) is 13.1 Å². The molecule has 1 nitrogen and oxygen atoms in total. The molecule has 8 aromatic carbocycles. The first-order valence-corrected chi connectivity index (χ1v) is 16.1. The predicted octanol–water partition coefficient (Wildman–Crippen LogP) is 12.7. The van der Waals surface area contributed by atoms with Crippen LogP contribution in [-0.2, 0) is 5.41 Å². The van der Waals surface area contributed by atoms with E-state index in [1.807, 2.05) is 0 Å². The highest BCUT2D eigenvalue weighted by Gasteiger charge is 2.35. The number of rotatable bonds is 2. The summed E-state index contributed by atoms with van der Waals surface area (Å²) in [5.41, 5.74) is 12.3. The summed E-state index contributed by atoms with van der Waals surface area (Å²) >= 11 is 0. The van der Waals surface area contributed by atoms with Crippen molar-refractivity contribution in [3.8, 4) is 33.4 Å². The Morgan fingerprint density at radius 2 is 1.04 bits per heavy atom. The maximum atomic E-state index is 6.63. The molecule has 0 saturated heterocycles. The van der Waals surface area contributed by atoms with Crippen molar-refractivity contribution in [3.63, 3.8) is 0 Å². The van der Waals surface area contributed by atoms with E-state index in [2.05, 4.69) is 159 Å². The standard InChI is InChI=1S/C45H30O/c1-45(2)38-20-10-9-14-30(38)37-26-28(23-25-39(37)45)41-31-15-5-7-17-33(31)42(34-18-8-6-16-32(34)41)35-19-11-21-40-43(35)36-24-22-27-12-3-4-13-29(27)44(36)46-40/h3-26H,1-2H3. The Morgan fingerprint density at radius 1 is 0.435 bits per heavy atom. The zero-order valence-corrected chi connectivity index (χ0v) is 25.8. The molecule has 0 N–H and O–H groups in total. The molecule has 0 atom stereocenters. The Morgan fingerprint density at radius 3 is 1.80 bits per heavy atom. The van der Waals surface area contributed by atoms with Gasteiger partial charge in [0.1, 0.15) is 11.2 Å². The van der Waals surface area contributed by atoms with E-state index >= 15 is 0 Å². The summed E-state index contributed by atoms with van der Waals surface area (Å²) in [5, 5.41) is 9.68. The zero-order valence-electron chi connectivity index (χ0n) is 25.8. The molecule has 1 aliphatic carbocycles. The number of furan rings is 1. The lowest BCUT2D eigenvalue weighted by Crippen LogP contribution is -2.14. The summed E-state index contributed by atoms with van der Waals surface area (Å²) in [4.78, 5) is 0. The van der Waals surface area contributed by atoms with Gasteiger partial charge in [-0.25, -0.2) is 0 Å². The Balaban J connectivity index is 1.30. The maximum Gasteiger partial charge on any atom is 0.143 e. The lowest BCUT2D eigenvalue weighted by Gasteiger charge is -2.22. The van der Waals surface area contributed by atoms with Crippen LogP contribution in [0.15, 0.2) is 150 Å². The van der Waals surface area contributed by atoms with Crippen LogP contribution >= 0.6 is 0 Å². The number of benzene rings is 8. The van der Waals surface area contributed by atoms with Crippen LogP contribution < -0.4 is 0 Å². The molecule has 10 rings (SSSR count). The molecule has 0 bridgehead atoms. The van der Waals surface area contributed by atoms with Crippen LogP contribution in [0.4, 0.5) is 0 Å². The normalized spacial score (nSPS) is 13.6. The fourth-order valence-corrected chi connectivity index (χ4v) is 8.37. The molecule has 1 aromatic heterocycles. The lowest BCUT2D eigenvalue weighted by atomic mass is 9.81. The molecule has 0 aliphatic heterocycles. The van der Waals surface area contributed by atoms with E-state index in [1.165, 1.54) is 76.8 Å². The lowest BCUT2D eigenvalue weighted by molar-refractivity contribution is 0.660. The number of fused-ring (bicyclic) bond motifs is 10. The van der Waals surface area contributed by atoms with Crippen molar-refractivity contribution in [1.82, 2.24) is 0 Å². The molecule has 1 heteroatoms. The first kappa shape index (κ1) is 25.6. The summed E-state index contributed by atoms with van der Waals surface area (Å²) in [7, 11) is 0. The van der Waals surface area contributed by atoms with Crippen LogP contribution in [0.5, 0.6) is 0 Å². The molecule has 0 unspecified atom stereocenters. The first-order chi connectivity index (χ1) is 22.6. The van der Waals surface area contributed by atoms with Gasteiger partial charge < -0.3 is 4.42 Å². The molecule has 46 heavy (non-hydrogen) atoms. The maximum absolute atomic E-state index is 6.63. The largest absolute Gasteiger partial charge is 0.455 e. The van der Waals surface area contributed by atoms with Gasteiger partial charge >= 0.3 is 0 Å². The Kier molecular flexibility index (Phi) is 5.12. The Labute approximate surface area is 267 Å². The predicted molar refractivity (Wildman–Crippen MR) is 195 cm³/mol. The van der Waals surface area contributed by atoms with Crippen molar-refractivity contribution in [2.24, 2.45) is 0 Å². The molecule has 1 aliphatic rings. The number of hydrogen-bond donors (Lipinski definition) is 0. The van der Waals surface area contributed by atoms with Gasteiger partial charge in [-0.05, 0) is 89.6 Å². The van der Waals surface area contributed by atoms with Crippen LogP contribution in [0.1, 0.15) is 25.0 Å². The van der Waals surface area contributed by atoms with Gasteiger partial charge in [0.2, 0.25) is 0 Å². The van der Waals surface area contributed by atoms with Crippen molar-refractivity contribution in [2.75, 3.05) is 0 Å². The van der Waals surface area contributed by atoms with Crippen molar-refractivity contribution >= 4 is 54.3 Å². The van der Waals surface area contributed by atoms with Crippen LogP contribution in [0.2, 0.25) is 0 Å². The van der Waals surface area contributed by atoms with E-state index < -0.39 is 0 Å². The van der Waals surface area contributed by atoms with E-state index in [0.717, 1.165) is 21.9 Å². The van der Waals surface area contributed by atoms with E-state index in [1.54, 1.807) is 0 Å². The number of hydrogen-bond acceptors (Lipinski definition) is 1. The van der Waals surface area contributed by atoms with Crippen LogP contribution in [0, 0.1) is 0 Å². The molecule has 0 spiro atoms. The van der Waals surface area contributed by atoms with Gasteiger partial charge in [0.25, 0.3) is 0 Å². The zero-order chi connectivity index (χ0) is 30.6. The average molecular weight is 587 g/mol. The van der Waals surface area contributed by atoms with E-state index in [-0.39, 0.29) is 5.41 Å². The summed E-state index contributed by atoms with van der Waals surface area (Å²) in [6.45, 7) is 4.69. The van der Waals surface area contributed by atoms with Gasteiger partial charge in [-0.3, -0.25) is 0 Å². The van der Waals surface area contributed by atoms with Gasteiger partial charge in [-0.15, -0.1) is 0 Å². The highest BCUT2D eigenvalue weighted by atomic mass is 16.3. The van der Waals surface area contributed by atoms with Crippen LogP contribution in [0.3, 0.4) is 0 Å². The minimum atomic E-state index is -0.0180. The van der Waals surface area contributed by atoms with Gasteiger partial charge in [0.15, 0.2) is 0 Å². The van der Waals surface area contributed by atoms with Gasteiger partial charge in [-0.2, -0.15) is 0 Å². The molecule has 0 fully saturated rings. The van der Waals surface area contributed by atoms with Crippen LogP contribution in [0.25, 0.3) is 87.6 Å². The molecule has 0 amide bonds. The van der Waals surface area contributed by atoms with Crippen LogP contribution in [-0.4, -0.2) is 0 Å². The van der Waals surface area contributed by atoms with Gasteiger partial charge in [0, 0.05) is 21.6 Å². The Hall–Kier alpha value is -5.66. The third-order valence-corrected chi connectivity index (χ3v) is 10.5. The van der Waals surface area contributed by atoms with Crippen molar-refractivity contribution in [1.29, 1.82) is 0 Å². The van der Waals surface area contributed by atoms with Crippen molar-refractivity contribution in [3.05, 3.63) is 157 Å². The quantitative estimate of drug-likeness (QED) is 0.184. The highest BCUT2D eigenvalue weighted by molar-refractivity contribution is 6.27. The first-order valence-electron chi connectivity index (χ1n) is 16.1. The second-order valence-corrected chi connectivity index (χ2v) is 13.2. The second-order valence-electron chi connectivity index (χ2n) is 13.2. The average Bonchev–Trinajstić information content (AvgIpc) is 3.60. The third-order valence-electron chi connectivity index (χ3n) is 10.5. The highest BCUT2D eigenvalue weighted by Crippen LogP contribution is 2.52. The molecular weight excluding hydrogens is 556 g/mol. The minimum Gasteiger partial charge on any atom is -0.455 e. The molecular formula is C45H30O. The molecule has 216 valence electrons.